The zero-order chi connectivity index (χ0) is 19.5. The number of nitrogens with two attached hydrogens (primary N) is 1. The van der Waals surface area contributed by atoms with E-state index in [4.69, 9.17) is 10.5 Å². The SMILES string of the molecule is Cc1nc(N[C@@H]2CCN(C(=O)OC3C4CC5CC3CC(O)(C5)C4)C2)ccc1N. The molecule has 1 saturated heterocycles. The summed E-state index contributed by atoms with van der Waals surface area (Å²) in [5, 5.41) is 14.1. The zero-order valence-electron chi connectivity index (χ0n) is 16.4. The Labute approximate surface area is 165 Å². The molecule has 4 saturated carbocycles. The summed E-state index contributed by atoms with van der Waals surface area (Å²) in [7, 11) is 0. The van der Waals surface area contributed by atoms with Crippen molar-refractivity contribution in [2.45, 2.75) is 63.2 Å². The van der Waals surface area contributed by atoms with Gasteiger partial charge in [-0.2, -0.15) is 0 Å². The van der Waals surface area contributed by atoms with Crippen molar-refractivity contribution in [3.05, 3.63) is 17.8 Å². The third kappa shape index (κ3) is 3.19. The normalized spacial score (nSPS) is 38.6. The maximum atomic E-state index is 12.8. The molecule has 7 heteroatoms. The summed E-state index contributed by atoms with van der Waals surface area (Å²) in [4.78, 5) is 19.1. The van der Waals surface area contributed by atoms with Crippen LogP contribution in [0.4, 0.5) is 16.3 Å². The molecular formula is C21H30N4O3. The number of likely N-dealkylation sites (tertiary alicyclic amines) is 1. The number of nitrogens with one attached hydrogen (secondary N) is 1. The third-order valence-electron chi connectivity index (χ3n) is 7.32. The van der Waals surface area contributed by atoms with Crippen molar-refractivity contribution in [3.8, 4) is 0 Å². The summed E-state index contributed by atoms with van der Waals surface area (Å²) in [5.41, 5.74) is 6.83. The standard InChI is InChI=1S/C21H30N4O3/c1-12-17(22)2-3-18(23-12)24-16-4-5-25(11-16)20(26)28-19-14-6-13-7-15(19)10-21(27,8-13)9-14/h2-3,13-16,19,27H,4-11,22H2,1H3,(H,23,24)/t13?,14?,15?,16-,19?,21?/m1/s1. The second-order valence-electron chi connectivity index (χ2n) is 9.49. The molecule has 152 valence electrons. The molecule has 1 aliphatic heterocycles. The number of amides is 1. The van der Waals surface area contributed by atoms with Gasteiger partial charge in [-0.15, -0.1) is 0 Å². The highest BCUT2D eigenvalue weighted by Gasteiger charge is 2.56. The minimum Gasteiger partial charge on any atom is -0.446 e. The summed E-state index contributed by atoms with van der Waals surface area (Å²) in [6.07, 6.45) is 5.40. The maximum absolute atomic E-state index is 12.8. The quantitative estimate of drug-likeness (QED) is 0.738. The first-order chi connectivity index (χ1) is 13.4. The number of aliphatic hydroxyl groups is 1. The van der Waals surface area contributed by atoms with Gasteiger partial charge in [-0.1, -0.05) is 0 Å². The lowest BCUT2D eigenvalue weighted by molar-refractivity contribution is -0.177. The Hall–Kier alpha value is -2.02. The van der Waals surface area contributed by atoms with Crippen molar-refractivity contribution >= 4 is 17.6 Å². The number of aryl methyl sites for hydroxylation is 1. The fraction of sp³-hybridized carbons (Fsp3) is 0.714. The molecule has 0 radical (unpaired) electrons. The number of carbonyl (C=O) groups is 1. The smallest absolute Gasteiger partial charge is 0.410 e. The van der Waals surface area contributed by atoms with E-state index in [1.54, 1.807) is 0 Å². The van der Waals surface area contributed by atoms with Crippen molar-refractivity contribution in [1.82, 2.24) is 9.88 Å². The summed E-state index contributed by atoms with van der Waals surface area (Å²) < 4.78 is 6.01. The Morgan fingerprint density at radius 2 is 2.07 bits per heavy atom. The third-order valence-corrected chi connectivity index (χ3v) is 7.32. The lowest BCUT2D eigenvalue weighted by Gasteiger charge is -2.57. The molecule has 5 aliphatic rings. The van der Waals surface area contributed by atoms with Crippen molar-refractivity contribution in [3.63, 3.8) is 0 Å². The van der Waals surface area contributed by atoms with Crippen molar-refractivity contribution in [2.24, 2.45) is 17.8 Å². The van der Waals surface area contributed by atoms with Crippen LogP contribution in [0.3, 0.4) is 0 Å². The Bertz CT molecular complexity index is 769. The first-order valence-corrected chi connectivity index (χ1v) is 10.6. The molecule has 7 nitrogen and oxygen atoms in total. The van der Waals surface area contributed by atoms with E-state index >= 15 is 0 Å². The Kier molecular flexibility index (Phi) is 4.19. The van der Waals surface area contributed by atoms with Crippen LogP contribution in [0.25, 0.3) is 0 Å². The van der Waals surface area contributed by atoms with Crippen LogP contribution in [-0.2, 0) is 4.74 Å². The molecular weight excluding hydrogens is 356 g/mol. The monoisotopic (exact) mass is 386 g/mol. The van der Waals surface area contributed by atoms with E-state index in [9.17, 15) is 9.90 Å². The molecule has 1 aromatic rings. The first kappa shape index (κ1) is 18.0. The first-order valence-electron chi connectivity index (χ1n) is 10.6. The van der Waals surface area contributed by atoms with E-state index in [1.807, 2.05) is 24.0 Å². The minimum atomic E-state index is -0.494. The van der Waals surface area contributed by atoms with Crippen molar-refractivity contribution < 1.29 is 14.6 Å². The molecule has 6 rings (SSSR count). The van der Waals surface area contributed by atoms with Crippen LogP contribution >= 0.6 is 0 Å². The van der Waals surface area contributed by atoms with Gasteiger partial charge in [-0.05, 0) is 75.3 Å². The molecule has 2 heterocycles. The second-order valence-corrected chi connectivity index (χ2v) is 9.49. The Morgan fingerprint density at radius 1 is 1.32 bits per heavy atom. The number of carbonyl (C=O) groups excluding carboxylic acids is 1. The predicted molar refractivity (Wildman–Crippen MR) is 106 cm³/mol. The molecule has 5 fully saturated rings. The van der Waals surface area contributed by atoms with Gasteiger partial charge in [0.05, 0.1) is 17.0 Å². The van der Waals surface area contributed by atoms with E-state index in [-0.39, 0.29) is 18.2 Å². The number of rotatable bonds is 3. The van der Waals surface area contributed by atoms with E-state index in [1.165, 1.54) is 0 Å². The maximum Gasteiger partial charge on any atom is 0.410 e. The molecule has 3 atom stereocenters. The van der Waals surface area contributed by atoms with E-state index in [0.29, 0.717) is 36.5 Å². The molecule has 1 amide bonds. The number of hydrogen-bond donors (Lipinski definition) is 3. The van der Waals surface area contributed by atoms with Gasteiger partial charge in [0.1, 0.15) is 11.9 Å². The zero-order valence-corrected chi connectivity index (χ0v) is 16.4. The van der Waals surface area contributed by atoms with Gasteiger partial charge in [0.2, 0.25) is 0 Å². The summed E-state index contributed by atoms with van der Waals surface area (Å²) in [6, 6.07) is 3.90. The van der Waals surface area contributed by atoms with Gasteiger partial charge < -0.3 is 25.8 Å². The molecule has 1 aromatic heterocycles. The molecule has 4 aliphatic carbocycles. The van der Waals surface area contributed by atoms with Crippen LogP contribution in [0.15, 0.2) is 12.1 Å². The van der Waals surface area contributed by atoms with E-state index in [2.05, 4.69) is 10.3 Å². The lowest BCUT2D eigenvalue weighted by atomic mass is 9.53. The van der Waals surface area contributed by atoms with Gasteiger partial charge >= 0.3 is 6.09 Å². The molecule has 2 unspecified atom stereocenters. The predicted octanol–water partition coefficient (Wildman–Crippen LogP) is 2.53. The average molecular weight is 386 g/mol. The number of hydrogen-bond acceptors (Lipinski definition) is 6. The van der Waals surface area contributed by atoms with E-state index < -0.39 is 5.60 Å². The van der Waals surface area contributed by atoms with Crippen molar-refractivity contribution in [2.75, 3.05) is 24.1 Å². The van der Waals surface area contributed by atoms with Crippen LogP contribution in [-0.4, -0.2) is 51.9 Å². The van der Waals surface area contributed by atoms with Gasteiger partial charge in [0, 0.05) is 19.1 Å². The van der Waals surface area contributed by atoms with Gasteiger partial charge in [-0.3, -0.25) is 0 Å². The molecule has 4 bridgehead atoms. The van der Waals surface area contributed by atoms with Gasteiger partial charge in [0.25, 0.3) is 0 Å². The molecule has 0 aromatic carbocycles. The summed E-state index contributed by atoms with van der Waals surface area (Å²) in [6.45, 7) is 3.21. The van der Waals surface area contributed by atoms with Gasteiger partial charge in [0.15, 0.2) is 0 Å². The number of anilines is 2. The molecule has 0 spiro atoms. The summed E-state index contributed by atoms with van der Waals surface area (Å²) >= 11 is 0. The fourth-order valence-corrected chi connectivity index (χ4v) is 6.22. The number of ether oxygens (including phenoxy) is 1. The highest BCUT2D eigenvalue weighted by atomic mass is 16.6. The Balaban J connectivity index is 1.18. The van der Waals surface area contributed by atoms with Crippen LogP contribution in [0.5, 0.6) is 0 Å². The largest absolute Gasteiger partial charge is 0.446 e. The van der Waals surface area contributed by atoms with E-state index in [0.717, 1.165) is 50.0 Å². The van der Waals surface area contributed by atoms with Crippen LogP contribution in [0.2, 0.25) is 0 Å². The summed E-state index contributed by atoms with van der Waals surface area (Å²) in [5.74, 6) is 2.08. The molecule has 28 heavy (non-hydrogen) atoms. The number of pyridine rings is 1. The second kappa shape index (κ2) is 6.51. The van der Waals surface area contributed by atoms with Gasteiger partial charge in [-0.25, -0.2) is 9.78 Å². The number of aromatic nitrogens is 1. The average Bonchev–Trinajstić information content (AvgIpc) is 3.08. The van der Waals surface area contributed by atoms with Crippen LogP contribution in [0, 0.1) is 24.7 Å². The van der Waals surface area contributed by atoms with Crippen LogP contribution in [0.1, 0.15) is 44.2 Å². The topological polar surface area (TPSA) is 101 Å². The van der Waals surface area contributed by atoms with Crippen LogP contribution < -0.4 is 11.1 Å². The number of nitrogens with zero attached hydrogens (tertiary/aromatic N) is 2. The number of nitrogen functional groups attached to an aromatic ring is 1. The minimum absolute atomic E-state index is 0.0160. The highest BCUT2D eigenvalue weighted by molar-refractivity contribution is 5.68. The Morgan fingerprint density at radius 3 is 2.75 bits per heavy atom. The highest BCUT2D eigenvalue weighted by Crippen LogP contribution is 2.56. The van der Waals surface area contributed by atoms with Crippen molar-refractivity contribution in [1.29, 1.82) is 0 Å². The molecule has 4 N–H and O–H groups in total. The lowest BCUT2D eigenvalue weighted by Crippen LogP contribution is -2.58. The fourth-order valence-electron chi connectivity index (χ4n) is 6.22.